The first-order valence-corrected chi connectivity index (χ1v) is 11.0. The predicted molar refractivity (Wildman–Crippen MR) is 108 cm³/mol. The lowest BCUT2D eigenvalue weighted by atomic mass is 10.2. The number of nitrogens with one attached hydrogen (secondary N) is 2. The van der Waals surface area contributed by atoms with Crippen LogP contribution in [0.15, 0.2) is 40.6 Å². The summed E-state index contributed by atoms with van der Waals surface area (Å²) in [6, 6.07) is 6.16. The smallest absolute Gasteiger partial charge is 0.261 e. The Labute approximate surface area is 168 Å². The average Bonchev–Trinajstić information content (AvgIpc) is 3.18. The van der Waals surface area contributed by atoms with E-state index in [0.717, 1.165) is 0 Å². The normalized spacial score (nSPS) is 12.6. The maximum absolute atomic E-state index is 12.6. The van der Waals surface area contributed by atoms with Crippen LogP contribution in [0.5, 0.6) is 5.75 Å². The molecule has 152 valence electrons. The Balaban J connectivity index is 2.17. The van der Waals surface area contributed by atoms with Crippen LogP contribution in [-0.2, 0) is 14.8 Å². The van der Waals surface area contributed by atoms with E-state index in [2.05, 4.69) is 10.6 Å². The van der Waals surface area contributed by atoms with Crippen molar-refractivity contribution in [3.05, 3.63) is 40.6 Å². The molecular weight excluding hydrogens is 402 g/mol. The van der Waals surface area contributed by atoms with E-state index in [4.69, 9.17) is 0 Å². The van der Waals surface area contributed by atoms with Crippen molar-refractivity contribution in [3.63, 3.8) is 0 Å². The highest BCUT2D eigenvalue weighted by Gasteiger charge is 2.24. The third-order valence-corrected chi connectivity index (χ3v) is 6.97. The molecule has 2 aromatic rings. The minimum atomic E-state index is -3.74. The molecule has 2 amide bonds. The maximum atomic E-state index is 12.6. The number of hydrogen-bond acceptors (Lipinski definition) is 6. The number of phenolic OH excluding ortho intramolecular Hbond substituents is 1. The van der Waals surface area contributed by atoms with Crippen molar-refractivity contribution < 1.29 is 23.1 Å². The fourth-order valence-corrected chi connectivity index (χ4v) is 4.58. The summed E-state index contributed by atoms with van der Waals surface area (Å²) in [4.78, 5) is 24.9. The van der Waals surface area contributed by atoms with Crippen LogP contribution in [0, 0.1) is 0 Å². The molecule has 1 aromatic heterocycles. The summed E-state index contributed by atoms with van der Waals surface area (Å²) in [6.07, 6.45) is 0. The number of carbonyl (C=O) groups is 2. The molecular formula is C18H23N3O5S2. The molecule has 2 rings (SSSR count). The number of aromatic hydroxyl groups is 1. The number of phenols is 1. The Kier molecular flexibility index (Phi) is 7.17. The highest BCUT2D eigenvalue weighted by Crippen LogP contribution is 2.28. The van der Waals surface area contributed by atoms with Crippen molar-refractivity contribution in [2.75, 3.05) is 18.4 Å². The second-order valence-electron chi connectivity index (χ2n) is 5.93. The van der Waals surface area contributed by atoms with Gasteiger partial charge in [0.15, 0.2) is 0 Å². The Bertz CT molecular complexity index is 938. The topological polar surface area (TPSA) is 116 Å². The van der Waals surface area contributed by atoms with Gasteiger partial charge in [-0.25, -0.2) is 8.42 Å². The van der Waals surface area contributed by atoms with Gasteiger partial charge in [-0.05, 0) is 36.6 Å². The molecule has 0 fully saturated rings. The van der Waals surface area contributed by atoms with E-state index in [0.29, 0.717) is 18.0 Å². The molecule has 0 saturated heterocycles. The second kappa shape index (κ2) is 9.18. The number of carbonyl (C=O) groups excluding carboxylic acids is 2. The van der Waals surface area contributed by atoms with Crippen LogP contribution in [-0.4, -0.2) is 48.8 Å². The summed E-state index contributed by atoms with van der Waals surface area (Å²) in [5.74, 6) is -1.25. The van der Waals surface area contributed by atoms with Crippen LogP contribution in [0.3, 0.4) is 0 Å². The maximum Gasteiger partial charge on any atom is 0.261 e. The number of thiophene rings is 1. The van der Waals surface area contributed by atoms with Crippen molar-refractivity contribution >= 4 is 38.9 Å². The summed E-state index contributed by atoms with van der Waals surface area (Å²) in [6.45, 7) is 5.54. The number of sulfonamides is 1. The summed E-state index contributed by atoms with van der Waals surface area (Å²) < 4.78 is 26.5. The third kappa shape index (κ3) is 4.89. The Morgan fingerprint density at radius 3 is 2.46 bits per heavy atom. The van der Waals surface area contributed by atoms with E-state index < -0.39 is 22.0 Å². The lowest BCUT2D eigenvalue weighted by Crippen LogP contribution is -2.41. The summed E-state index contributed by atoms with van der Waals surface area (Å²) in [7, 11) is -3.74. The van der Waals surface area contributed by atoms with Crippen LogP contribution in [0.2, 0.25) is 0 Å². The Hall–Kier alpha value is -2.43. The molecule has 1 heterocycles. The Morgan fingerprint density at radius 2 is 1.89 bits per heavy atom. The quantitative estimate of drug-likeness (QED) is 0.561. The number of hydrogen-bond donors (Lipinski definition) is 3. The van der Waals surface area contributed by atoms with Gasteiger partial charge in [0.1, 0.15) is 11.8 Å². The van der Waals surface area contributed by atoms with Crippen molar-refractivity contribution in [1.29, 1.82) is 0 Å². The van der Waals surface area contributed by atoms with Crippen LogP contribution in [0.25, 0.3) is 0 Å². The van der Waals surface area contributed by atoms with Gasteiger partial charge in [-0.1, -0.05) is 19.9 Å². The molecule has 0 aliphatic rings. The van der Waals surface area contributed by atoms with Crippen LogP contribution < -0.4 is 10.6 Å². The fourth-order valence-electron chi connectivity index (χ4n) is 2.47. The monoisotopic (exact) mass is 425 g/mol. The van der Waals surface area contributed by atoms with Crippen molar-refractivity contribution in [2.45, 2.75) is 31.7 Å². The van der Waals surface area contributed by atoms with Gasteiger partial charge in [-0.3, -0.25) is 9.59 Å². The number of amides is 2. The van der Waals surface area contributed by atoms with Crippen molar-refractivity contribution in [2.24, 2.45) is 0 Å². The first-order valence-electron chi connectivity index (χ1n) is 8.69. The molecule has 0 saturated carbocycles. The van der Waals surface area contributed by atoms with Gasteiger partial charge in [0.25, 0.3) is 5.91 Å². The summed E-state index contributed by atoms with van der Waals surface area (Å²) in [5, 5.41) is 16.8. The second-order valence-corrected chi connectivity index (χ2v) is 8.82. The molecule has 8 nitrogen and oxygen atoms in total. The standard InChI is InChI=1S/C18H23N3O5S2/c1-4-21(5-2)28(25,26)13-8-9-15(22)14(11-13)20-17(23)12(3)19-18(24)16-7-6-10-27-16/h6-12,22H,4-5H2,1-3H3,(H,19,24)(H,20,23). The molecule has 28 heavy (non-hydrogen) atoms. The fraction of sp³-hybridized carbons (Fsp3) is 0.333. The van der Waals surface area contributed by atoms with Crippen LogP contribution in [0.4, 0.5) is 5.69 Å². The molecule has 1 unspecified atom stereocenters. The van der Waals surface area contributed by atoms with Gasteiger partial charge in [0.05, 0.1) is 15.5 Å². The molecule has 0 bridgehead atoms. The third-order valence-electron chi connectivity index (χ3n) is 4.05. The van der Waals surface area contributed by atoms with E-state index in [9.17, 15) is 23.1 Å². The number of benzene rings is 1. The average molecular weight is 426 g/mol. The molecule has 0 radical (unpaired) electrons. The van der Waals surface area contributed by atoms with Gasteiger partial charge in [-0.15, -0.1) is 11.3 Å². The van der Waals surface area contributed by atoms with E-state index in [-0.39, 0.29) is 22.2 Å². The lowest BCUT2D eigenvalue weighted by Gasteiger charge is -2.19. The molecule has 0 spiro atoms. The summed E-state index contributed by atoms with van der Waals surface area (Å²) >= 11 is 1.25. The van der Waals surface area contributed by atoms with Gasteiger partial charge < -0.3 is 15.7 Å². The zero-order chi connectivity index (χ0) is 20.9. The van der Waals surface area contributed by atoms with E-state index in [1.807, 2.05) is 0 Å². The van der Waals surface area contributed by atoms with Crippen molar-refractivity contribution in [1.82, 2.24) is 9.62 Å². The van der Waals surface area contributed by atoms with Gasteiger partial charge in [-0.2, -0.15) is 4.31 Å². The van der Waals surface area contributed by atoms with Crippen LogP contribution in [0.1, 0.15) is 30.4 Å². The highest BCUT2D eigenvalue weighted by atomic mass is 32.2. The lowest BCUT2D eigenvalue weighted by molar-refractivity contribution is -0.117. The molecule has 10 heteroatoms. The summed E-state index contributed by atoms with van der Waals surface area (Å²) in [5.41, 5.74) is -0.0459. The van der Waals surface area contributed by atoms with Gasteiger partial charge in [0, 0.05) is 13.1 Å². The molecule has 0 aliphatic heterocycles. The van der Waals surface area contributed by atoms with Crippen LogP contribution >= 0.6 is 11.3 Å². The Morgan fingerprint density at radius 1 is 1.21 bits per heavy atom. The largest absolute Gasteiger partial charge is 0.506 e. The van der Waals surface area contributed by atoms with Gasteiger partial charge >= 0.3 is 0 Å². The SMILES string of the molecule is CCN(CC)S(=O)(=O)c1ccc(O)c(NC(=O)C(C)NC(=O)c2cccs2)c1. The minimum Gasteiger partial charge on any atom is -0.506 e. The first kappa shape index (κ1) is 21.9. The molecule has 1 atom stereocenters. The predicted octanol–water partition coefficient (Wildman–Crippen LogP) is 2.24. The van der Waals surface area contributed by atoms with Crippen molar-refractivity contribution in [3.8, 4) is 5.75 Å². The molecule has 1 aromatic carbocycles. The highest BCUT2D eigenvalue weighted by molar-refractivity contribution is 7.89. The number of anilines is 1. The number of nitrogens with zero attached hydrogens (tertiary/aromatic N) is 1. The molecule has 0 aliphatic carbocycles. The zero-order valence-electron chi connectivity index (χ0n) is 15.8. The first-order chi connectivity index (χ1) is 13.2. The number of rotatable bonds is 8. The zero-order valence-corrected chi connectivity index (χ0v) is 17.4. The van der Waals surface area contributed by atoms with Gasteiger partial charge in [0.2, 0.25) is 15.9 Å². The molecule has 3 N–H and O–H groups in total. The van der Waals surface area contributed by atoms with E-state index in [1.165, 1.54) is 40.8 Å². The van der Waals surface area contributed by atoms with E-state index >= 15 is 0 Å². The minimum absolute atomic E-state index is 0.0421. The van der Waals surface area contributed by atoms with E-state index in [1.54, 1.807) is 31.4 Å².